The summed E-state index contributed by atoms with van der Waals surface area (Å²) >= 11 is 0. The number of nitrogens with two attached hydrogens (primary N) is 1. The normalized spacial score (nSPS) is 26.9. The Morgan fingerprint density at radius 1 is 1.25 bits per heavy atom. The summed E-state index contributed by atoms with van der Waals surface area (Å²) in [6, 6.07) is 0.553. The molecule has 1 aliphatic carbocycles. The van der Waals surface area contributed by atoms with Crippen LogP contribution < -0.4 is 11.1 Å². The number of aliphatic imine (C=N–C) groups is 1. The van der Waals surface area contributed by atoms with Crippen molar-refractivity contribution in [2.45, 2.75) is 70.9 Å². The van der Waals surface area contributed by atoms with Crippen LogP contribution >= 0.6 is 0 Å². The molecule has 1 saturated heterocycles. The minimum Gasteiger partial charge on any atom is -0.370 e. The highest BCUT2D eigenvalue weighted by Gasteiger charge is 2.30. The third-order valence-electron chi connectivity index (χ3n) is 4.86. The van der Waals surface area contributed by atoms with Crippen LogP contribution in [0.15, 0.2) is 4.99 Å². The first-order valence-corrected chi connectivity index (χ1v) is 8.29. The molecule has 1 heterocycles. The average molecular weight is 280 g/mol. The smallest absolute Gasteiger partial charge is 0.188 e. The molecule has 0 radical (unpaired) electrons. The number of rotatable bonds is 4. The van der Waals surface area contributed by atoms with Crippen LogP contribution in [-0.4, -0.2) is 42.1 Å². The van der Waals surface area contributed by atoms with E-state index < -0.39 is 0 Å². The maximum absolute atomic E-state index is 6.04. The predicted molar refractivity (Wildman–Crippen MR) is 85.9 cm³/mol. The lowest BCUT2D eigenvalue weighted by Crippen LogP contribution is -2.51. The maximum atomic E-state index is 6.04. The van der Waals surface area contributed by atoms with Gasteiger partial charge in [-0.2, -0.15) is 0 Å². The molecule has 0 aromatic heterocycles. The molecule has 0 amide bonds. The van der Waals surface area contributed by atoms with Crippen LogP contribution in [0.2, 0.25) is 0 Å². The van der Waals surface area contributed by atoms with Crippen LogP contribution in [0, 0.1) is 5.92 Å². The first kappa shape index (κ1) is 15.6. The Morgan fingerprint density at radius 3 is 2.60 bits per heavy atom. The van der Waals surface area contributed by atoms with Gasteiger partial charge in [-0.25, -0.2) is 0 Å². The minimum absolute atomic E-state index is 0.108. The zero-order chi connectivity index (χ0) is 14.6. The van der Waals surface area contributed by atoms with E-state index in [9.17, 15) is 0 Å². The zero-order valence-electron chi connectivity index (χ0n) is 13.5. The van der Waals surface area contributed by atoms with Crippen LogP contribution in [0.3, 0.4) is 0 Å². The van der Waals surface area contributed by atoms with Gasteiger partial charge in [0.05, 0.1) is 6.54 Å². The van der Waals surface area contributed by atoms with Crippen molar-refractivity contribution in [1.29, 1.82) is 0 Å². The molecular formula is C16H32N4. The molecule has 4 heteroatoms. The van der Waals surface area contributed by atoms with Gasteiger partial charge in [0.2, 0.25) is 0 Å². The summed E-state index contributed by atoms with van der Waals surface area (Å²) in [6.07, 6.45) is 7.79. The van der Waals surface area contributed by atoms with Crippen molar-refractivity contribution in [2.24, 2.45) is 16.6 Å². The number of hydrogen-bond donors (Lipinski definition) is 2. The number of nitrogens with zero attached hydrogens (tertiary/aromatic N) is 2. The van der Waals surface area contributed by atoms with Gasteiger partial charge < -0.3 is 11.1 Å². The van der Waals surface area contributed by atoms with Crippen molar-refractivity contribution in [3.63, 3.8) is 0 Å². The largest absolute Gasteiger partial charge is 0.370 e. The molecule has 2 fully saturated rings. The molecule has 1 unspecified atom stereocenters. The Bertz CT molecular complexity index is 331. The number of likely N-dealkylation sites (tertiary alicyclic amines) is 1. The topological polar surface area (TPSA) is 53.6 Å². The number of hydrogen-bond acceptors (Lipinski definition) is 2. The van der Waals surface area contributed by atoms with E-state index in [0.717, 1.165) is 12.5 Å². The molecule has 116 valence electrons. The van der Waals surface area contributed by atoms with Crippen molar-refractivity contribution in [3.05, 3.63) is 0 Å². The van der Waals surface area contributed by atoms with E-state index in [2.05, 4.69) is 36.0 Å². The second-order valence-electron chi connectivity index (χ2n) is 7.33. The van der Waals surface area contributed by atoms with E-state index >= 15 is 0 Å². The summed E-state index contributed by atoms with van der Waals surface area (Å²) < 4.78 is 0. The lowest BCUT2D eigenvalue weighted by atomic mass is 9.94. The van der Waals surface area contributed by atoms with Gasteiger partial charge in [0, 0.05) is 18.1 Å². The van der Waals surface area contributed by atoms with Crippen LogP contribution in [0.5, 0.6) is 0 Å². The van der Waals surface area contributed by atoms with Crippen molar-refractivity contribution >= 4 is 5.96 Å². The standard InChI is InChI=1S/C16H32N4/c1-13-7-6-10-20(11-13)16(2,3)12-18-15(17)19-14-8-4-5-9-14/h13-14H,4-12H2,1-3H3,(H3,17,18,19). The number of nitrogens with one attached hydrogen (secondary N) is 1. The molecule has 1 aliphatic heterocycles. The van der Waals surface area contributed by atoms with Gasteiger partial charge in [0.15, 0.2) is 5.96 Å². The highest BCUT2D eigenvalue weighted by Crippen LogP contribution is 2.24. The fourth-order valence-electron chi connectivity index (χ4n) is 3.44. The Balaban J connectivity index is 1.83. The monoisotopic (exact) mass is 280 g/mol. The Kier molecular flexibility index (Phi) is 5.30. The SMILES string of the molecule is CC1CCCN(C(C)(C)CN=C(N)NC2CCCC2)C1. The van der Waals surface area contributed by atoms with Crippen LogP contribution in [-0.2, 0) is 0 Å². The fraction of sp³-hybridized carbons (Fsp3) is 0.938. The zero-order valence-corrected chi connectivity index (χ0v) is 13.5. The second kappa shape index (κ2) is 6.79. The molecular weight excluding hydrogens is 248 g/mol. The third kappa shape index (κ3) is 4.37. The molecule has 0 aromatic carbocycles. The number of piperidine rings is 1. The van der Waals surface area contributed by atoms with E-state index in [-0.39, 0.29) is 5.54 Å². The van der Waals surface area contributed by atoms with E-state index in [0.29, 0.717) is 12.0 Å². The molecule has 20 heavy (non-hydrogen) atoms. The highest BCUT2D eigenvalue weighted by molar-refractivity contribution is 5.78. The summed E-state index contributed by atoms with van der Waals surface area (Å²) in [5, 5.41) is 3.37. The van der Waals surface area contributed by atoms with E-state index in [1.165, 1.54) is 51.6 Å². The molecule has 1 saturated carbocycles. The molecule has 1 atom stereocenters. The van der Waals surface area contributed by atoms with Gasteiger partial charge in [0.25, 0.3) is 0 Å². The molecule has 0 bridgehead atoms. The van der Waals surface area contributed by atoms with Crippen LogP contribution in [0.1, 0.15) is 59.3 Å². The first-order valence-electron chi connectivity index (χ1n) is 8.29. The van der Waals surface area contributed by atoms with Crippen LogP contribution in [0.4, 0.5) is 0 Å². The molecule has 0 aromatic rings. The van der Waals surface area contributed by atoms with Crippen molar-refractivity contribution < 1.29 is 0 Å². The molecule has 3 N–H and O–H groups in total. The quantitative estimate of drug-likeness (QED) is 0.614. The van der Waals surface area contributed by atoms with Crippen LogP contribution in [0.25, 0.3) is 0 Å². The summed E-state index contributed by atoms with van der Waals surface area (Å²) in [4.78, 5) is 7.18. The van der Waals surface area contributed by atoms with E-state index in [1.807, 2.05) is 0 Å². The van der Waals surface area contributed by atoms with E-state index in [1.54, 1.807) is 0 Å². The van der Waals surface area contributed by atoms with E-state index in [4.69, 9.17) is 5.73 Å². The Labute approximate surface area is 124 Å². The lowest BCUT2D eigenvalue weighted by Gasteiger charge is -2.42. The van der Waals surface area contributed by atoms with Crippen molar-refractivity contribution in [2.75, 3.05) is 19.6 Å². The summed E-state index contributed by atoms with van der Waals surface area (Å²) in [6.45, 7) is 10.1. The summed E-state index contributed by atoms with van der Waals surface area (Å²) in [5.41, 5.74) is 6.15. The number of guanidine groups is 1. The van der Waals surface area contributed by atoms with Gasteiger partial charge in [-0.15, -0.1) is 0 Å². The van der Waals surface area contributed by atoms with Crippen molar-refractivity contribution in [1.82, 2.24) is 10.2 Å². The molecule has 2 rings (SSSR count). The molecule has 0 spiro atoms. The lowest BCUT2D eigenvalue weighted by molar-refractivity contribution is 0.0775. The van der Waals surface area contributed by atoms with Gasteiger partial charge in [0.1, 0.15) is 0 Å². The molecule has 4 nitrogen and oxygen atoms in total. The fourth-order valence-corrected chi connectivity index (χ4v) is 3.44. The predicted octanol–water partition coefficient (Wildman–Crippen LogP) is 2.34. The Hall–Kier alpha value is -0.770. The molecule has 2 aliphatic rings. The highest BCUT2D eigenvalue weighted by atomic mass is 15.2. The third-order valence-corrected chi connectivity index (χ3v) is 4.86. The van der Waals surface area contributed by atoms with Crippen molar-refractivity contribution in [3.8, 4) is 0 Å². The first-order chi connectivity index (χ1) is 9.47. The Morgan fingerprint density at radius 2 is 1.95 bits per heavy atom. The second-order valence-corrected chi connectivity index (χ2v) is 7.33. The average Bonchev–Trinajstić information content (AvgIpc) is 2.89. The maximum Gasteiger partial charge on any atom is 0.188 e. The minimum atomic E-state index is 0.108. The van der Waals surface area contributed by atoms with Gasteiger partial charge in [-0.3, -0.25) is 9.89 Å². The summed E-state index contributed by atoms with van der Waals surface area (Å²) in [5.74, 6) is 1.44. The summed E-state index contributed by atoms with van der Waals surface area (Å²) in [7, 11) is 0. The van der Waals surface area contributed by atoms with Gasteiger partial charge in [-0.05, 0) is 52.0 Å². The van der Waals surface area contributed by atoms with Gasteiger partial charge in [-0.1, -0.05) is 19.8 Å². The van der Waals surface area contributed by atoms with Gasteiger partial charge >= 0.3 is 0 Å².